The van der Waals surface area contributed by atoms with Crippen LogP contribution in [0.2, 0.25) is 0 Å². The van der Waals surface area contributed by atoms with E-state index in [0.29, 0.717) is 0 Å². The van der Waals surface area contributed by atoms with E-state index in [1.807, 2.05) is 0 Å². The van der Waals surface area contributed by atoms with E-state index in [1.165, 1.54) is 88.8 Å². The Kier molecular flexibility index (Phi) is 6.72. The van der Waals surface area contributed by atoms with E-state index in [1.54, 1.807) is 0 Å². The quantitative estimate of drug-likeness (QED) is 0.155. The second kappa shape index (κ2) is 11.8. The van der Waals surface area contributed by atoms with Crippen molar-refractivity contribution in [2.24, 2.45) is 0 Å². The monoisotopic (exact) mass is 826 g/mol. The summed E-state index contributed by atoms with van der Waals surface area (Å²) in [5.41, 5.74) is 22.7. The molecule has 14 rings (SSSR count). The summed E-state index contributed by atoms with van der Waals surface area (Å²) < 4.78 is 15.9. The molecule has 4 nitrogen and oxygen atoms in total. The molecule has 308 valence electrons. The molecular weight excluding hydrogens is 779 g/mol. The standard InChI is InChI=1S/C59H47BN2O2/c1-57(2,3)32-17-20-34(21-18-32)62-49-28-40-35-22-19-33(58(4,5)6)25-45(35)59(7,8)46(40)27-42(49)38-23-24-39-41-26-43-36-13-9-11-15-51(36)64-54(43)31-48(41)61-50-29-44-37-14-10-12-16-52(37)63-53(44)30-47(50)60(62)55(38)56(39)61/h9-31H,1-8H3. The van der Waals surface area contributed by atoms with E-state index in [9.17, 15) is 0 Å². The summed E-state index contributed by atoms with van der Waals surface area (Å²) in [4.78, 5) is 2.66. The van der Waals surface area contributed by atoms with Gasteiger partial charge in [0.1, 0.15) is 22.3 Å². The fourth-order valence-corrected chi connectivity index (χ4v) is 11.9. The third-order valence-corrected chi connectivity index (χ3v) is 15.3. The molecule has 0 saturated carbocycles. The molecule has 3 aromatic heterocycles. The van der Waals surface area contributed by atoms with Crippen molar-refractivity contribution in [3.63, 3.8) is 0 Å². The molecular formula is C59H47BN2O2. The maximum atomic E-state index is 6.76. The zero-order valence-electron chi connectivity index (χ0n) is 37.6. The van der Waals surface area contributed by atoms with Crippen molar-refractivity contribution in [3.8, 4) is 27.9 Å². The van der Waals surface area contributed by atoms with Crippen LogP contribution in [0.1, 0.15) is 77.6 Å². The Morgan fingerprint density at radius 3 is 1.80 bits per heavy atom. The number of fused-ring (bicyclic) bond motifs is 17. The number of hydrogen-bond donors (Lipinski definition) is 0. The van der Waals surface area contributed by atoms with Gasteiger partial charge in [0.2, 0.25) is 0 Å². The number of anilines is 2. The first-order valence-corrected chi connectivity index (χ1v) is 22.9. The average molecular weight is 827 g/mol. The number of hydrogen-bond acceptors (Lipinski definition) is 3. The number of benzene rings is 8. The highest BCUT2D eigenvalue weighted by molar-refractivity contribution is 6.94. The lowest BCUT2D eigenvalue weighted by Crippen LogP contribution is -2.60. The maximum Gasteiger partial charge on any atom is 0.333 e. The topological polar surface area (TPSA) is 34.5 Å². The van der Waals surface area contributed by atoms with Gasteiger partial charge in [0.15, 0.2) is 0 Å². The van der Waals surface area contributed by atoms with E-state index >= 15 is 0 Å². The van der Waals surface area contributed by atoms with Crippen molar-refractivity contribution < 1.29 is 8.83 Å². The fraction of sp³-hybridized carbons (Fsp3) is 0.186. The molecule has 0 fully saturated rings. The first kappa shape index (κ1) is 36.5. The Morgan fingerprint density at radius 1 is 0.469 bits per heavy atom. The number of aromatic nitrogens is 1. The van der Waals surface area contributed by atoms with Crippen LogP contribution in [-0.2, 0) is 16.2 Å². The lowest BCUT2D eigenvalue weighted by atomic mass is 9.44. The van der Waals surface area contributed by atoms with Gasteiger partial charge in [-0.25, -0.2) is 0 Å². The van der Waals surface area contributed by atoms with Gasteiger partial charge >= 0.3 is 6.85 Å². The number of furan rings is 2. The molecule has 5 heteroatoms. The number of nitrogens with zero attached hydrogens (tertiary/aromatic N) is 2. The lowest BCUT2D eigenvalue weighted by molar-refractivity contribution is 0.584. The smallest absolute Gasteiger partial charge is 0.333 e. The molecule has 0 atom stereocenters. The molecule has 3 aliphatic rings. The van der Waals surface area contributed by atoms with Gasteiger partial charge in [-0.15, -0.1) is 0 Å². The Bertz CT molecular complexity index is 3900. The van der Waals surface area contributed by atoms with E-state index in [-0.39, 0.29) is 23.1 Å². The zero-order valence-corrected chi connectivity index (χ0v) is 37.6. The molecule has 8 aromatic carbocycles. The molecule has 0 spiro atoms. The third kappa shape index (κ3) is 4.59. The summed E-state index contributed by atoms with van der Waals surface area (Å²) in [6.45, 7) is 18.6. The van der Waals surface area contributed by atoms with Crippen LogP contribution in [0.4, 0.5) is 11.4 Å². The predicted octanol–water partition coefficient (Wildman–Crippen LogP) is 14.7. The van der Waals surface area contributed by atoms with E-state index in [0.717, 1.165) is 49.4 Å². The van der Waals surface area contributed by atoms with Crippen molar-refractivity contribution in [1.82, 2.24) is 4.57 Å². The first-order valence-electron chi connectivity index (χ1n) is 22.9. The second-order valence-corrected chi connectivity index (χ2v) is 21.3. The van der Waals surface area contributed by atoms with Gasteiger partial charge in [-0.3, -0.25) is 0 Å². The summed E-state index contributed by atoms with van der Waals surface area (Å²) in [5, 5.41) is 7.02. The first-order chi connectivity index (χ1) is 30.7. The van der Waals surface area contributed by atoms with Gasteiger partial charge in [0.05, 0.1) is 11.0 Å². The minimum Gasteiger partial charge on any atom is -0.456 e. The normalized spacial score (nSPS) is 14.9. The van der Waals surface area contributed by atoms with Crippen molar-refractivity contribution in [1.29, 1.82) is 0 Å². The number of rotatable bonds is 1. The molecule has 5 heterocycles. The van der Waals surface area contributed by atoms with Crippen molar-refractivity contribution in [2.75, 3.05) is 4.81 Å². The number of para-hydroxylation sites is 2. The summed E-state index contributed by atoms with van der Waals surface area (Å²) in [6.07, 6.45) is 0. The summed E-state index contributed by atoms with van der Waals surface area (Å²) in [7, 11) is 0. The minimum absolute atomic E-state index is 0.0227. The van der Waals surface area contributed by atoms with E-state index in [2.05, 4.69) is 204 Å². The Balaban J connectivity index is 1.14. The van der Waals surface area contributed by atoms with Gasteiger partial charge in [0.25, 0.3) is 0 Å². The molecule has 0 unspecified atom stereocenters. The van der Waals surface area contributed by atoms with Gasteiger partial charge in [-0.2, -0.15) is 0 Å². The van der Waals surface area contributed by atoms with Crippen LogP contribution < -0.4 is 15.7 Å². The van der Waals surface area contributed by atoms with Crippen molar-refractivity contribution in [3.05, 3.63) is 162 Å². The fourth-order valence-electron chi connectivity index (χ4n) is 11.9. The third-order valence-electron chi connectivity index (χ3n) is 15.3. The molecule has 0 amide bonds. The van der Waals surface area contributed by atoms with Crippen LogP contribution in [0.3, 0.4) is 0 Å². The molecule has 0 saturated heterocycles. The second-order valence-electron chi connectivity index (χ2n) is 21.3. The molecule has 0 N–H and O–H groups in total. The highest BCUT2D eigenvalue weighted by Crippen LogP contribution is 2.55. The highest BCUT2D eigenvalue weighted by Gasteiger charge is 2.46. The molecule has 2 aliphatic heterocycles. The highest BCUT2D eigenvalue weighted by atomic mass is 16.3. The summed E-state index contributed by atoms with van der Waals surface area (Å²) in [6, 6.07) is 52.8. The Labute approximate surface area is 372 Å². The van der Waals surface area contributed by atoms with E-state index in [4.69, 9.17) is 8.83 Å². The molecule has 64 heavy (non-hydrogen) atoms. The molecule has 0 bridgehead atoms. The van der Waals surface area contributed by atoms with Crippen LogP contribution in [0, 0.1) is 0 Å². The molecule has 11 aromatic rings. The van der Waals surface area contributed by atoms with E-state index < -0.39 is 0 Å². The summed E-state index contributed by atoms with van der Waals surface area (Å²) >= 11 is 0. The van der Waals surface area contributed by atoms with Gasteiger partial charge in [-0.05, 0) is 115 Å². The lowest BCUT2D eigenvalue weighted by Gasteiger charge is -2.42. The zero-order chi connectivity index (χ0) is 43.3. The maximum absolute atomic E-state index is 6.76. The largest absolute Gasteiger partial charge is 0.456 e. The van der Waals surface area contributed by atoms with Crippen LogP contribution in [0.15, 0.2) is 148 Å². The summed E-state index contributed by atoms with van der Waals surface area (Å²) in [5.74, 6) is 0. The molecule has 1 aliphatic carbocycles. The van der Waals surface area contributed by atoms with Gasteiger partial charge < -0.3 is 18.2 Å². The van der Waals surface area contributed by atoms with Crippen LogP contribution in [-0.4, -0.2) is 11.4 Å². The molecule has 0 radical (unpaired) electrons. The average Bonchev–Trinajstić information content (AvgIpc) is 3.99. The van der Waals surface area contributed by atoms with Crippen molar-refractivity contribution in [2.45, 2.75) is 71.6 Å². The van der Waals surface area contributed by atoms with Gasteiger partial charge in [-0.1, -0.05) is 134 Å². The van der Waals surface area contributed by atoms with Crippen molar-refractivity contribution >= 4 is 94.8 Å². The van der Waals surface area contributed by atoms with Crippen LogP contribution in [0.25, 0.3) is 93.6 Å². The SMILES string of the molecule is CC(C)(C)c1ccc(N2B3c4cc5oc6ccccc6c5cc4-n4c5cc6oc7ccccc7c6cc5c5ccc(c3c54)-c3cc4c(cc32)-c2ccc(C(C)(C)C)cc2C4(C)C)cc1. The Hall–Kier alpha value is -6.98. The van der Waals surface area contributed by atoms with Crippen LogP contribution >= 0.6 is 0 Å². The minimum atomic E-state index is -0.177. The predicted molar refractivity (Wildman–Crippen MR) is 269 cm³/mol. The van der Waals surface area contributed by atoms with Crippen LogP contribution in [0.5, 0.6) is 0 Å². The Morgan fingerprint density at radius 2 is 1.09 bits per heavy atom. The van der Waals surface area contributed by atoms with Gasteiger partial charge in [0, 0.05) is 66.4 Å².